The van der Waals surface area contributed by atoms with Gasteiger partial charge in [0.05, 0.1) is 18.7 Å². The molecule has 31 heavy (non-hydrogen) atoms. The summed E-state index contributed by atoms with van der Waals surface area (Å²) in [4.78, 5) is 26.1. The molecule has 182 valence electrons. The molecule has 0 unspecified atom stereocenters. The number of ether oxygens (including phenoxy) is 2. The van der Waals surface area contributed by atoms with Gasteiger partial charge in [-0.15, -0.1) is 0 Å². The Hall–Kier alpha value is -1.50. The molecule has 1 aliphatic heterocycles. The molecule has 1 rings (SSSR count). The van der Waals surface area contributed by atoms with E-state index in [1.54, 1.807) is 12.0 Å². The number of unbranched alkanes of at least 4 members (excludes halogenated alkanes) is 10. The number of hydrogen-bond acceptors (Lipinski definition) is 4. The van der Waals surface area contributed by atoms with Crippen LogP contribution in [0.2, 0.25) is 0 Å². The zero-order valence-electron chi connectivity index (χ0n) is 20.6. The van der Waals surface area contributed by atoms with Gasteiger partial charge in [-0.25, -0.2) is 9.59 Å². The molecule has 3 amide bonds. The van der Waals surface area contributed by atoms with E-state index in [4.69, 9.17) is 9.47 Å². The van der Waals surface area contributed by atoms with Crippen LogP contribution < -0.4 is 10.6 Å². The van der Waals surface area contributed by atoms with Crippen molar-refractivity contribution in [2.75, 3.05) is 26.7 Å². The Morgan fingerprint density at radius 2 is 1.45 bits per heavy atom. The fourth-order valence-corrected chi connectivity index (χ4v) is 3.84. The number of likely N-dealkylation sites (tertiary alicyclic amines) is 1. The third-order valence-corrected chi connectivity index (χ3v) is 5.60. The molecule has 0 spiro atoms. The summed E-state index contributed by atoms with van der Waals surface area (Å²) in [6, 6.07) is -0.444. The second-order valence-corrected chi connectivity index (χ2v) is 9.70. The lowest BCUT2D eigenvalue weighted by Gasteiger charge is -2.24. The van der Waals surface area contributed by atoms with Crippen LogP contribution in [0.25, 0.3) is 0 Å². The minimum absolute atomic E-state index is 0.204. The Kier molecular flexibility index (Phi) is 13.6. The quantitative estimate of drug-likeness (QED) is 0.362. The number of amides is 3. The van der Waals surface area contributed by atoms with Gasteiger partial charge in [-0.2, -0.15) is 0 Å². The molecule has 1 saturated heterocycles. The van der Waals surface area contributed by atoms with Crippen LogP contribution in [0.15, 0.2) is 0 Å². The van der Waals surface area contributed by atoms with Crippen molar-refractivity contribution in [1.82, 2.24) is 15.5 Å². The molecule has 0 aromatic carbocycles. The van der Waals surface area contributed by atoms with Crippen molar-refractivity contribution in [2.45, 2.75) is 116 Å². The summed E-state index contributed by atoms with van der Waals surface area (Å²) < 4.78 is 10.9. The predicted molar refractivity (Wildman–Crippen MR) is 125 cm³/mol. The average Bonchev–Trinajstić information content (AvgIpc) is 3.10. The van der Waals surface area contributed by atoms with Crippen LogP contribution in [0.4, 0.5) is 9.59 Å². The van der Waals surface area contributed by atoms with Crippen molar-refractivity contribution in [2.24, 2.45) is 0 Å². The molecule has 0 radical (unpaired) electrons. The Morgan fingerprint density at radius 3 is 1.97 bits per heavy atom. The lowest BCUT2D eigenvalue weighted by Crippen LogP contribution is -2.48. The van der Waals surface area contributed by atoms with Crippen LogP contribution in [0.1, 0.15) is 98.3 Å². The van der Waals surface area contributed by atoms with E-state index in [-0.39, 0.29) is 24.3 Å². The SMILES string of the molecule is CCCCCCCCCCCCCNC(=O)N[C@H]1CN(C(=O)OC(C)(C)C)C[C@@H]1OC. The molecule has 2 N–H and O–H groups in total. The molecule has 0 bridgehead atoms. The molecular formula is C24H47N3O4. The maximum atomic E-state index is 12.3. The van der Waals surface area contributed by atoms with Gasteiger partial charge in [0.15, 0.2) is 0 Å². The van der Waals surface area contributed by atoms with Crippen molar-refractivity contribution >= 4 is 12.1 Å². The maximum absolute atomic E-state index is 12.3. The maximum Gasteiger partial charge on any atom is 0.410 e. The first-order chi connectivity index (χ1) is 14.8. The summed E-state index contributed by atoms with van der Waals surface area (Å²) in [5.41, 5.74) is -0.544. The van der Waals surface area contributed by atoms with E-state index in [2.05, 4.69) is 17.6 Å². The number of urea groups is 1. The highest BCUT2D eigenvalue weighted by atomic mass is 16.6. The van der Waals surface area contributed by atoms with Gasteiger partial charge in [0.25, 0.3) is 0 Å². The van der Waals surface area contributed by atoms with Crippen LogP contribution >= 0.6 is 0 Å². The molecule has 0 aromatic heterocycles. The van der Waals surface area contributed by atoms with Gasteiger partial charge in [-0.3, -0.25) is 0 Å². The van der Waals surface area contributed by atoms with Crippen LogP contribution in [0.3, 0.4) is 0 Å². The van der Waals surface area contributed by atoms with Crippen LogP contribution in [-0.4, -0.2) is 61.5 Å². The highest BCUT2D eigenvalue weighted by Crippen LogP contribution is 2.17. The Morgan fingerprint density at radius 1 is 0.903 bits per heavy atom. The Labute approximate surface area is 190 Å². The molecule has 0 aromatic rings. The Balaban J connectivity index is 2.11. The highest BCUT2D eigenvalue weighted by molar-refractivity contribution is 5.75. The second-order valence-electron chi connectivity index (χ2n) is 9.70. The standard InChI is InChI=1S/C24H47N3O4/c1-6-7-8-9-10-11-12-13-14-15-16-17-25-22(28)26-20-18-27(19-21(20)30-5)23(29)31-24(2,3)4/h20-21H,6-19H2,1-5H3,(H2,25,26,28)/t20-,21-/m0/s1. The fourth-order valence-electron chi connectivity index (χ4n) is 3.84. The smallest absolute Gasteiger partial charge is 0.410 e. The van der Waals surface area contributed by atoms with Crippen molar-refractivity contribution in [3.63, 3.8) is 0 Å². The molecule has 1 heterocycles. The molecule has 7 nitrogen and oxygen atoms in total. The van der Waals surface area contributed by atoms with Gasteiger partial charge in [0.2, 0.25) is 0 Å². The number of carbonyl (C=O) groups excluding carboxylic acids is 2. The molecule has 0 aliphatic carbocycles. The van der Waals surface area contributed by atoms with Gasteiger partial charge < -0.3 is 25.0 Å². The van der Waals surface area contributed by atoms with E-state index in [0.717, 1.165) is 12.8 Å². The van der Waals surface area contributed by atoms with Crippen LogP contribution in [-0.2, 0) is 9.47 Å². The lowest BCUT2D eigenvalue weighted by atomic mass is 10.1. The van der Waals surface area contributed by atoms with Crippen molar-refractivity contribution < 1.29 is 19.1 Å². The van der Waals surface area contributed by atoms with Crippen molar-refractivity contribution in [1.29, 1.82) is 0 Å². The van der Waals surface area contributed by atoms with E-state index in [1.165, 1.54) is 57.8 Å². The number of rotatable bonds is 14. The summed E-state index contributed by atoms with van der Waals surface area (Å²) >= 11 is 0. The molecule has 2 atom stereocenters. The molecule has 1 aliphatic rings. The Bertz CT molecular complexity index is 508. The van der Waals surface area contributed by atoms with E-state index < -0.39 is 5.60 Å². The first-order valence-electron chi connectivity index (χ1n) is 12.3. The summed E-state index contributed by atoms with van der Waals surface area (Å²) in [5.74, 6) is 0. The van der Waals surface area contributed by atoms with E-state index in [0.29, 0.717) is 19.6 Å². The number of hydrogen-bond donors (Lipinski definition) is 2. The minimum Gasteiger partial charge on any atom is -0.444 e. The average molecular weight is 442 g/mol. The summed E-state index contributed by atoms with van der Waals surface area (Å²) in [5, 5.41) is 5.87. The van der Waals surface area contributed by atoms with Gasteiger partial charge in [0.1, 0.15) is 5.60 Å². The number of nitrogens with one attached hydrogen (secondary N) is 2. The summed E-state index contributed by atoms with van der Waals surface area (Å²) in [7, 11) is 1.60. The van der Waals surface area contributed by atoms with E-state index in [9.17, 15) is 9.59 Å². The van der Waals surface area contributed by atoms with Crippen LogP contribution in [0.5, 0.6) is 0 Å². The summed E-state index contributed by atoms with van der Waals surface area (Å²) in [6.45, 7) is 9.24. The van der Waals surface area contributed by atoms with Gasteiger partial charge >= 0.3 is 12.1 Å². The highest BCUT2D eigenvalue weighted by Gasteiger charge is 2.38. The first-order valence-corrected chi connectivity index (χ1v) is 12.3. The van der Waals surface area contributed by atoms with Crippen molar-refractivity contribution in [3.8, 4) is 0 Å². The van der Waals surface area contributed by atoms with Crippen molar-refractivity contribution in [3.05, 3.63) is 0 Å². The minimum atomic E-state index is -0.544. The predicted octanol–water partition coefficient (Wildman–Crippen LogP) is 5.23. The third kappa shape index (κ3) is 12.8. The van der Waals surface area contributed by atoms with Gasteiger partial charge in [0, 0.05) is 20.2 Å². The largest absolute Gasteiger partial charge is 0.444 e. The third-order valence-electron chi connectivity index (χ3n) is 5.60. The van der Waals surface area contributed by atoms with Gasteiger partial charge in [-0.05, 0) is 27.2 Å². The fraction of sp³-hybridized carbons (Fsp3) is 0.917. The molecule has 7 heteroatoms. The lowest BCUT2D eigenvalue weighted by molar-refractivity contribution is 0.0252. The molecular weight excluding hydrogens is 394 g/mol. The second kappa shape index (κ2) is 15.3. The zero-order chi connectivity index (χ0) is 23.1. The van der Waals surface area contributed by atoms with Gasteiger partial charge in [-0.1, -0.05) is 71.1 Å². The zero-order valence-corrected chi connectivity index (χ0v) is 20.6. The first kappa shape index (κ1) is 27.5. The molecule has 1 fully saturated rings. The van der Waals surface area contributed by atoms with E-state index in [1.807, 2.05) is 20.8 Å². The molecule has 0 saturated carbocycles. The number of carbonyl (C=O) groups is 2. The van der Waals surface area contributed by atoms with Crippen LogP contribution in [0, 0.1) is 0 Å². The summed E-state index contributed by atoms with van der Waals surface area (Å²) in [6.07, 6.45) is 13.6. The topological polar surface area (TPSA) is 79.9 Å². The monoisotopic (exact) mass is 441 g/mol. The number of nitrogens with zero attached hydrogens (tertiary/aromatic N) is 1. The van der Waals surface area contributed by atoms with E-state index >= 15 is 0 Å². The normalized spacial score (nSPS) is 18.8. The number of methoxy groups -OCH3 is 1.